The van der Waals surface area contributed by atoms with Gasteiger partial charge in [-0.2, -0.15) is 13.2 Å². The lowest BCUT2D eigenvalue weighted by atomic mass is 9.81. The number of rotatable bonds is 5. The summed E-state index contributed by atoms with van der Waals surface area (Å²) in [5.74, 6) is -1.88. The third-order valence-electron chi connectivity index (χ3n) is 6.26. The first-order chi connectivity index (χ1) is 13.0. The van der Waals surface area contributed by atoms with Gasteiger partial charge in [-0.25, -0.2) is 4.79 Å². The number of carboxylic acids is 1. The molecule has 1 heterocycles. The summed E-state index contributed by atoms with van der Waals surface area (Å²) < 4.78 is 37.6. The van der Waals surface area contributed by atoms with E-state index in [2.05, 4.69) is 4.90 Å². The summed E-state index contributed by atoms with van der Waals surface area (Å²) in [5.41, 5.74) is 0.342. The highest BCUT2D eigenvalue weighted by Gasteiger charge is 2.50. The van der Waals surface area contributed by atoms with Crippen molar-refractivity contribution in [2.24, 2.45) is 11.3 Å². The Morgan fingerprint density at radius 2 is 1.79 bits per heavy atom. The Morgan fingerprint density at radius 1 is 1.18 bits per heavy atom. The number of ether oxygens (including phenoxy) is 1. The minimum atomic E-state index is -5.08. The number of likely N-dealkylation sites (N-methyl/N-ethyl adjacent to an activating group) is 1. The maximum Gasteiger partial charge on any atom is 0.490 e. The van der Waals surface area contributed by atoms with Gasteiger partial charge in [-0.3, -0.25) is 9.69 Å². The molecule has 162 valence electrons. The van der Waals surface area contributed by atoms with E-state index in [9.17, 15) is 18.0 Å². The lowest BCUT2D eigenvalue weighted by Crippen LogP contribution is -2.37. The molecule has 6 nitrogen and oxygen atoms in total. The molecule has 0 aromatic heterocycles. The van der Waals surface area contributed by atoms with Gasteiger partial charge in [0, 0.05) is 38.6 Å². The van der Waals surface area contributed by atoms with Crippen molar-refractivity contribution in [2.45, 2.75) is 57.2 Å². The molecule has 2 saturated carbocycles. The van der Waals surface area contributed by atoms with Crippen LogP contribution in [-0.2, 0) is 14.3 Å². The van der Waals surface area contributed by atoms with Crippen LogP contribution >= 0.6 is 0 Å². The molecule has 2 aliphatic carbocycles. The lowest BCUT2D eigenvalue weighted by Gasteiger charge is -2.30. The van der Waals surface area contributed by atoms with Crippen molar-refractivity contribution in [3.8, 4) is 0 Å². The van der Waals surface area contributed by atoms with Crippen LogP contribution in [0.1, 0.15) is 44.9 Å². The molecule has 0 radical (unpaired) electrons. The zero-order valence-electron chi connectivity index (χ0n) is 16.6. The summed E-state index contributed by atoms with van der Waals surface area (Å²) in [7, 11) is 3.58. The fourth-order valence-corrected chi connectivity index (χ4v) is 4.71. The first-order valence-corrected chi connectivity index (χ1v) is 9.87. The van der Waals surface area contributed by atoms with Crippen LogP contribution in [0.2, 0.25) is 0 Å². The second-order valence-electron chi connectivity index (χ2n) is 8.40. The number of carbonyl (C=O) groups excluding carboxylic acids is 1. The maximum atomic E-state index is 11.7. The van der Waals surface area contributed by atoms with E-state index >= 15 is 0 Å². The highest BCUT2D eigenvalue weighted by molar-refractivity contribution is 5.76. The topological polar surface area (TPSA) is 70.1 Å². The zero-order valence-corrected chi connectivity index (χ0v) is 16.6. The van der Waals surface area contributed by atoms with Gasteiger partial charge in [-0.1, -0.05) is 19.3 Å². The summed E-state index contributed by atoms with van der Waals surface area (Å²) in [5, 5.41) is 7.12. The number of carboxylic acid groups (broad SMARTS) is 1. The zero-order chi connectivity index (χ0) is 20.9. The summed E-state index contributed by atoms with van der Waals surface area (Å²) in [6.45, 7) is 3.50. The minimum absolute atomic E-state index is 0.0755. The third-order valence-corrected chi connectivity index (χ3v) is 6.26. The van der Waals surface area contributed by atoms with Crippen LogP contribution in [0, 0.1) is 11.3 Å². The Bertz CT molecular complexity index is 550. The summed E-state index contributed by atoms with van der Waals surface area (Å²) in [4.78, 5) is 24.9. The van der Waals surface area contributed by atoms with Gasteiger partial charge in [0.2, 0.25) is 5.91 Å². The van der Waals surface area contributed by atoms with Crippen molar-refractivity contribution in [3.05, 3.63) is 0 Å². The number of halogens is 3. The van der Waals surface area contributed by atoms with E-state index < -0.39 is 12.1 Å². The van der Waals surface area contributed by atoms with Crippen LogP contribution < -0.4 is 0 Å². The lowest BCUT2D eigenvalue weighted by molar-refractivity contribution is -0.192. The summed E-state index contributed by atoms with van der Waals surface area (Å²) in [6, 6.07) is 0.830. The molecule has 0 aromatic rings. The molecule has 0 aromatic carbocycles. The molecule has 9 heteroatoms. The highest BCUT2D eigenvalue weighted by atomic mass is 19.4. The standard InChI is InChI=1S/C17H30N2O2.C2HF3O2/c1-18(2)16(20)11-21-13-17-9-5-6-14(17)10-19(12-17)15-7-3-4-8-15;3-2(4,5)1(6)7/h14-15H,3-13H2,1-2H3;(H,6,7)/t14-,17+;/m1./s1. The van der Waals surface area contributed by atoms with E-state index in [-0.39, 0.29) is 12.5 Å². The van der Waals surface area contributed by atoms with Crippen LogP contribution in [0.5, 0.6) is 0 Å². The number of carbonyl (C=O) groups is 2. The average Bonchev–Trinajstić information content (AvgIpc) is 3.29. The first-order valence-electron chi connectivity index (χ1n) is 9.87. The van der Waals surface area contributed by atoms with Gasteiger partial charge < -0.3 is 14.7 Å². The van der Waals surface area contributed by atoms with Crippen LogP contribution in [-0.4, -0.2) is 79.4 Å². The van der Waals surface area contributed by atoms with Gasteiger partial charge in [-0.15, -0.1) is 0 Å². The molecule has 3 aliphatic rings. The number of fused-ring (bicyclic) bond motifs is 1. The van der Waals surface area contributed by atoms with Gasteiger partial charge in [0.1, 0.15) is 6.61 Å². The molecular weight excluding hydrogens is 377 g/mol. The SMILES string of the molecule is CN(C)C(=O)COC[C@@]12CCC[C@@H]1CN(C1CCCC1)C2.O=C(O)C(F)(F)F. The van der Waals surface area contributed by atoms with Crippen LogP contribution in [0.25, 0.3) is 0 Å². The third kappa shape index (κ3) is 5.83. The Morgan fingerprint density at radius 3 is 2.32 bits per heavy atom. The van der Waals surface area contributed by atoms with Crippen LogP contribution in [0.4, 0.5) is 13.2 Å². The van der Waals surface area contributed by atoms with E-state index in [4.69, 9.17) is 14.6 Å². The van der Waals surface area contributed by atoms with Crippen molar-refractivity contribution in [1.29, 1.82) is 0 Å². The van der Waals surface area contributed by atoms with Crippen molar-refractivity contribution in [1.82, 2.24) is 9.80 Å². The Labute approximate surface area is 164 Å². The van der Waals surface area contributed by atoms with Gasteiger partial charge >= 0.3 is 12.1 Å². The van der Waals surface area contributed by atoms with Crippen molar-refractivity contribution in [3.63, 3.8) is 0 Å². The average molecular weight is 408 g/mol. The number of alkyl halides is 3. The largest absolute Gasteiger partial charge is 0.490 e. The van der Waals surface area contributed by atoms with E-state index in [0.29, 0.717) is 5.41 Å². The van der Waals surface area contributed by atoms with Crippen molar-refractivity contribution >= 4 is 11.9 Å². The van der Waals surface area contributed by atoms with E-state index in [1.54, 1.807) is 19.0 Å². The molecule has 3 fully saturated rings. The molecule has 0 bridgehead atoms. The fourth-order valence-electron chi connectivity index (χ4n) is 4.71. The van der Waals surface area contributed by atoms with Crippen molar-refractivity contribution < 1.29 is 32.6 Å². The highest BCUT2D eigenvalue weighted by Crippen LogP contribution is 2.50. The second kappa shape index (κ2) is 9.43. The molecule has 28 heavy (non-hydrogen) atoms. The van der Waals surface area contributed by atoms with Crippen molar-refractivity contribution in [2.75, 3.05) is 40.4 Å². The Balaban J connectivity index is 0.000000345. The number of amides is 1. The predicted molar refractivity (Wildman–Crippen MR) is 96.8 cm³/mol. The van der Waals surface area contributed by atoms with Gasteiger partial charge in [-0.05, 0) is 31.6 Å². The normalized spacial score (nSPS) is 28.0. The monoisotopic (exact) mass is 408 g/mol. The van der Waals surface area contributed by atoms with E-state index in [1.165, 1.54) is 58.0 Å². The number of likely N-dealkylation sites (tertiary alicyclic amines) is 1. The molecule has 3 rings (SSSR count). The fraction of sp³-hybridized carbons (Fsp3) is 0.895. The van der Waals surface area contributed by atoms with E-state index in [1.807, 2.05) is 0 Å². The van der Waals surface area contributed by atoms with Crippen LogP contribution in [0.15, 0.2) is 0 Å². The van der Waals surface area contributed by atoms with Gasteiger partial charge in [0.25, 0.3) is 0 Å². The molecule has 1 saturated heterocycles. The molecular formula is C19H31F3N2O4. The molecule has 1 N–H and O–H groups in total. The van der Waals surface area contributed by atoms with Gasteiger partial charge in [0.05, 0.1) is 6.61 Å². The first kappa shape index (κ1) is 22.9. The number of hydrogen-bond acceptors (Lipinski definition) is 4. The Hall–Kier alpha value is -1.35. The van der Waals surface area contributed by atoms with Crippen LogP contribution in [0.3, 0.4) is 0 Å². The summed E-state index contributed by atoms with van der Waals surface area (Å²) >= 11 is 0. The maximum absolute atomic E-state index is 11.7. The molecule has 0 unspecified atom stereocenters. The summed E-state index contributed by atoms with van der Waals surface area (Å²) in [6.07, 6.45) is 4.50. The quantitative estimate of drug-likeness (QED) is 0.758. The van der Waals surface area contributed by atoms with Gasteiger partial charge in [0.15, 0.2) is 0 Å². The predicted octanol–water partition coefficient (Wildman–Crippen LogP) is 2.77. The number of nitrogens with zero attached hydrogens (tertiary/aromatic N) is 2. The molecule has 2 atom stereocenters. The molecule has 1 amide bonds. The second-order valence-corrected chi connectivity index (χ2v) is 8.40. The van der Waals surface area contributed by atoms with E-state index in [0.717, 1.165) is 18.6 Å². The molecule has 1 aliphatic heterocycles. The number of aliphatic carboxylic acids is 1. The number of hydrogen-bond donors (Lipinski definition) is 1. The molecule has 0 spiro atoms. The Kier molecular flexibility index (Phi) is 7.73. The smallest absolute Gasteiger partial charge is 0.475 e. The minimum Gasteiger partial charge on any atom is -0.475 e.